The van der Waals surface area contributed by atoms with Crippen LogP contribution in [0.25, 0.3) is 0 Å². The Kier molecular flexibility index (Phi) is 3.79. The maximum atomic E-state index is 12.4. The van der Waals surface area contributed by atoms with E-state index >= 15 is 0 Å². The van der Waals surface area contributed by atoms with Crippen molar-refractivity contribution in [2.24, 2.45) is 0 Å². The first-order valence-corrected chi connectivity index (χ1v) is 5.77. The highest BCUT2D eigenvalue weighted by Gasteiger charge is 2.30. The van der Waals surface area contributed by atoms with E-state index in [4.69, 9.17) is 0 Å². The molecule has 2 aromatic rings. The molecule has 0 bridgehead atoms. The van der Waals surface area contributed by atoms with E-state index in [9.17, 15) is 18.0 Å². The zero-order valence-electron chi connectivity index (χ0n) is 10.4. The van der Waals surface area contributed by atoms with E-state index in [-0.39, 0.29) is 5.56 Å². The molecule has 0 heterocycles. The number of rotatable bonds is 2. The summed E-state index contributed by atoms with van der Waals surface area (Å²) in [5.41, 5.74) is 0.743. The van der Waals surface area contributed by atoms with Crippen LogP contribution >= 0.6 is 0 Å². The van der Waals surface area contributed by atoms with Gasteiger partial charge in [-0.25, -0.2) is 0 Å². The smallest absolute Gasteiger partial charge is 0.322 e. The summed E-state index contributed by atoms with van der Waals surface area (Å²) in [6.07, 6.45) is -4.40. The molecule has 0 unspecified atom stereocenters. The molecule has 0 aliphatic rings. The Balaban J connectivity index is 2.11. The SMILES string of the molecule is [CH2]c1ccc(NC(=O)c2ccc(C(F)(F)F)cc2)cc1. The Morgan fingerprint density at radius 3 is 2.00 bits per heavy atom. The summed E-state index contributed by atoms with van der Waals surface area (Å²) < 4.78 is 37.2. The third-order valence-corrected chi connectivity index (χ3v) is 2.69. The summed E-state index contributed by atoms with van der Waals surface area (Å²) in [6, 6.07) is 10.9. The van der Waals surface area contributed by atoms with E-state index < -0.39 is 17.6 Å². The first kappa shape index (κ1) is 14.1. The Morgan fingerprint density at radius 1 is 0.950 bits per heavy atom. The molecule has 1 N–H and O–H groups in total. The molecule has 0 atom stereocenters. The fourth-order valence-electron chi connectivity index (χ4n) is 1.60. The van der Waals surface area contributed by atoms with E-state index in [1.54, 1.807) is 24.3 Å². The molecule has 0 aromatic heterocycles. The van der Waals surface area contributed by atoms with Gasteiger partial charge in [0.05, 0.1) is 5.56 Å². The lowest BCUT2D eigenvalue weighted by molar-refractivity contribution is -0.137. The summed E-state index contributed by atoms with van der Waals surface area (Å²) >= 11 is 0. The Bertz CT molecular complexity index is 601. The highest BCUT2D eigenvalue weighted by molar-refractivity contribution is 6.04. The number of anilines is 1. The topological polar surface area (TPSA) is 29.1 Å². The van der Waals surface area contributed by atoms with Crippen molar-refractivity contribution in [2.75, 3.05) is 5.32 Å². The van der Waals surface area contributed by atoms with E-state index in [2.05, 4.69) is 12.2 Å². The molecular weight excluding hydrogens is 267 g/mol. The number of carbonyl (C=O) groups excluding carboxylic acids is 1. The van der Waals surface area contributed by atoms with Crippen molar-refractivity contribution >= 4 is 11.6 Å². The molecule has 2 nitrogen and oxygen atoms in total. The molecule has 20 heavy (non-hydrogen) atoms. The molecule has 5 heteroatoms. The highest BCUT2D eigenvalue weighted by Crippen LogP contribution is 2.29. The Hall–Kier alpha value is -2.30. The first-order chi connectivity index (χ1) is 9.36. The van der Waals surface area contributed by atoms with Crippen molar-refractivity contribution in [3.63, 3.8) is 0 Å². The third kappa shape index (κ3) is 3.38. The lowest BCUT2D eigenvalue weighted by atomic mass is 10.1. The molecule has 0 saturated carbocycles. The van der Waals surface area contributed by atoms with Gasteiger partial charge in [-0.05, 0) is 48.9 Å². The van der Waals surface area contributed by atoms with Crippen molar-refractivity contribution < 1.29 is 18.0 Å². The number of carbonyl (C=O) groups is 1. The maximum absolute atomic E-state index is 12.4. The van der Waals surface area contributed by atoms with Gasteiger partial charge in [-0.3, -0.25) is 4.79 Å². The minimum absolute atomic E-state index is 0.164. The molecule has 1 radical (unpaired) electrons. The third-order valence-electron chi connectivity index (χ3n) is 2.69. The van der Waals surface area contributed by atoms with Gasteiger partial charge in [0.1, 0.15) is 0 Å². The first-order valence-electron chi connectivity index (χ1n) is 5.77. The molecular formula is C15H11F3NO. The molecule has 0 aliphatic carbocycles. The van der Waals surface area contributed by atoms with Gasteiger partial charge in [-0.15, -0.1) is 0 Å². The second-order valence-corrected chi connectivity index (χ2v) is 4.23. The van der Waals surface area contributed by atoms with Crippen LogP contribution in [0.4, 0.5) is 18.9 Å². The maximum Gasteiger partial charge on any atom is 0.416 e. The van der Waals surface area contributed by atoms with Crippen LogP contribution in [0.1, 0.15) is 21.5 Å². The van der Waals surface area contributed by atoms with Crippen molar-refractivity contribution in [1.82, 2.24) is 0 Å². The molecule has 1 amide bonds. The second-order valence-electron chi connectivity index (χ2n) is 4.23. The van der Waals surface area contributed by atoms with Crippen LogP contribution in [-0.4, -0.2) is 5.91 Å². The average Bonchev–Trinajstić information content (AvgIpc) is 2.40. The number of hydrogen-bond acceptors (Lipinski definition) is 1. The van der Waals surface area contributed by atoms with Gasteiger partial charge in [0.25, 0.3) is 5.91 Å². The van der Waals surface area contributed by atoms with Gasteiger partial charge in [-0.2, -0.15) is 13.2 Å². The second kappa shape index (κ2) is 5.36. The molecule has 0 spiro atoms. The molecule has 2 rings (SSSR count). The fraction of sp³-hybridized carbons (Fsp3) is 0.0667. The number of nitrogens with one attached hydrogen (secondary N) is 1. The predicted molar refractivity (Wildman–Crippen MR) is 70.3 cm³/mol. The zero-order valence-corrected chi connectivity index (χ0v) is 10.4. The van der Waals surface area contributed by atoms with Crippen LogP contribution in [0.2, 0.25) is 0 Å². The van der Waals surface area contributed by atoms with E-state index in [1.165, 1.54) is 0 Å². The van der Waals surface area contributed by atoms with Crippen LogP contribution in [0.5, 0.6) is 0 Å². The summed E-state index contributed by atoms with van der Waals surface area (Å²) in [5.74, 6) is -0.462. The van der Waals surface area contributed by atoms with Crippen LogP contribution in [0.3, 0.4) is 0 Å². The standard InChI is InChI=1S/C15H11F3NO/c1-10-2-8-13(9-3-10)19-14(20)11-4-6-12(7-5-11)15(16,17)18/h2-9H,1H2,(H,19,20). The van der Waals surface area contributed by atoms with Crippen molar-refractivity contribution in [3.8, 4) is 0 Å². The van der Waals surface area contributed by atoms with E-state index in [0.29, 0.717) is 5.69 Å². The minimum atomic E-state index is -4.40. The quantitative estimate of drug-likeness (QED) is 0.878. The summed E-state index contributed by atoms with van der Waals surface area (Å²) in [4.78, 5) is 11.9. The van der Waals surface area contributed by atoms with Crippen LogP contribution in [0.15, 0.2) is 48.5 Å². The van der Waals surface area contributed by atoms with Crippen molar-refractivity contribution in [3.05, 3.63) is 72.1 Å². The van der Waals surface area contributed by atoms with Gasteiger partial charge < -0.3 is 5.32 Å². The lowest BCUT2D eigenvalue weighted by Gasteiger charge is -2.08. The molecule has 0 saturated heterocycles. The highest BCUT2D eigenvalue weighted by atomic mass is 19.4. The Morgan fingerprint density at radius 2 is 1.50 bits per heavy atom. The lowest BCUT2D eigenvalue weighted by Crippen LogP contribution is -2.12. The monoisotopic (exact) mass is 278 g/mol. The average molecular weight is 278 g/mol. The fourth-order valence-corrected chi connectivity index (χ4v) is 1.60. The van der Waals surface area contributed by atoms with Crippen molar-refractivity contribution in [1.29, 1.82) is 0 Å². The zero-order chi connectivity index (χ0) is 14.8. The van der Waals surface area contributed by atoms with Crippen LogP contribution in [-0.2, 0) is 6.18 Å². The molecule has 0 fully saturated rings. The number of amides is 1. The van der Waals surface area contributed by atoms with E-state index in [0.717, 1.165) is 29.8 Å². The van der Waals surface area contributed by atoms with E-state index in [1.807, 2.05) is 0 Å². The summed E-state index contributed by atoms with van der Waals surface area (Å²) in [6.45, 7) is 3.71. The Labute approximate surface area is 114 Å². The van der Waals surface area contributed by atoms with Gasteiger partial charge >= 0.3 is 6.18 Å². The molecule has 2 aromatic carbocycles. The number of hydrogen-bond donors (Lipinski definition) is 1. The van der Waals surface area contributed by atoms with Gasteiger partial charge in [0.2, 0.25) is 0 Å². The van der Waals surface area contributed by atoms with Gasteiger partial charge in [0, 0.05) is 11.3 Å². The summed E-state index contributed by atoms with van der Waals surface area (Å²) in [5, 5.41) is 2.60. The molecule has 103 valence electrons. The van der Waals surface area contributed by atoms with Crippen LogP contribution in [0, 0.1) is 6.92 Å². The molecule has 0 aliphatic heterocycles. The minimum Gasteiger partial charge on any atom is -0.322 e. The van der Waals surface area contributed by atoms with Gasteiger partial charge in [-0.1, -0.05) is 12.1 Å². The van der Waals surface area contributed by atoms with Gasteiger partial charge in [0.15, 0.2) is 0 Å². The number of halogens is 3. The number of benzene rings is 2. The van der Waals surface area contributed by atoms with Crippen molar-refractivity contribution in [2.45, 2.75) is 6.18 Å². The largest absolute Gasteiger partial charge is 0.416 e. The summed E-state index contributed by atoms with van der Waals surface area (Å²) in [7, 11) is 0. The normalized spacial score (nSPS) is 11.2. The predicted octanol–water partition coefficient (Wildman–Crippen LogP) is 4.14. The van der Waals surface area contributed by atoms with Crippen LogP contribution < -0.4 is 5.32 Å². The number of alkyl halides is 3.